The van der Waals surface area contributed by atoms with Gasteiger partial charge in [0.15, 0.2) is 0 Å². The van der Waals surface area contributed by atoms with Gasteiger partial charge in [-0.15, -0.1) is 0 Å². The summed E-state index contributed by atoms with van der Waals surface area (Å²) >= 11 is 5.90. The third-order valence-corrected chi connectivity index (χ3v) is 2.59. The van der Waals surface area contributed by atoms with Crippen LogP contribution in [-0.4, -0.2) is 6.10 Å². The summed E-state index contributed by atoms with van der Waals surface area (Å²) < 4.78 is 5.70. The molecule has 1 aromatic rings. The number of nitriles is 1. The highest BCUT2D eigenvalue weighted by molar-refractivity contribution is 6.31. The molecule has 2 nitrogen and oxygen atoms in total. The number of ether oxygens (including phenoxy) is 1. The molecule has 15 heavy (non-hydrogen) atoms. The van der Waals surface area contributed by atoms with E-state index in [9.17, 15) is 0 Å². The van der Waals surface area contributed by atoms with Crippen molar-refractivity contribution >= 4 is 11.6 Å². The second-order valence-electron chi connectivity index (χ2n) is 3.31. The zero-order chi connectivity index (χ0) is 11.3. The fourth-order valence-corrected chi connectivity index (χ4v) is 1.52. The first-order chi connectivity index (χ1) is 7.21. The molecule has 80 valence electrons. The van der Waals surface area contributed by atoms with E-state index in [1.807, 2.05) is 6.07 Å². The Kier molecular flexibility index (Phi) is 4.45. The smallest absolute Gasteiger partial charge is 0.121 e. The standard InChI is InChI=1S/C12H14ClNO/c1-3-10(4-2)15-11-6-5-9(8-14)12(13)7-11/h5-7,10H,3-4H2,1-2H3. The topological polar surface area (TPSA) is 33.0 Å². The van der Waals surface area contributed by atoms with Gasteiger partial charge in [-0.1, -0.05) is 25.4 Å². The molecule has 0 N–H and O–H groups in total. The van der Waals surface area contributed by atoms with Crippen LogP contribution in [0.5, 0.6) is 5.75 Å². The van der Waals surface area contributed by atoms with Gasteiger partial charge in [0.1, 0.15) is 11.8 Å². The third kappa shape index (κ3) is 3.14. The Morgan fingerprint density at radius 1 is 1.40 bits per heavy atom. The van der Waals surface area contributed by atoms with Crippen LogP contribution in [0, 0.1) is 11.3 Å². The maximum Gasteiger partial charge on any atom is 0.121 e. The third-order valence-electron chi connectivity index (χ3n) is 2.27. The summed E-state index contributed by atoms with van der Waals surface area (Å²) in [6, 6.07) is 7.17. The van der Waals surface area contributed by atoms with Gasteiger partial charge in [-0.3, -0.25) is 0 Å². The van der Waals surface area contributed by atoms with E-state index in [1.54, 1.807) is 18.2 Å². The molecular formula is C12H14ClNO. The lowest BCUT2D eigenvalue weighted by molar-refractivity contribution is 0.193. The van der Waals surface area contributed by atoms with Crippen molar-refractivity contribution in [2.24, 2.45) is 0 Å². The molecule has 1 rings (SSSR count). The van der Waals surface area contributed by atoms with Gasteiger partial charge >= 0.3 is 0 Å². The fourth-order valence-electron chi connectivity index (χ4n) is 1.31. The highest BCUT2D eigenvalue weighted by Gasteiger charge is 2.07. The summed E-state index contributed by atoms with van der Waals surface area (Å²) in [7, 11) is 0. The van der Waals surface area contributed by atoms with Crippen LogP contribution in [-0.2, 0) is 0 Å². The average Bonchev–Trinajstić information content (AvgIpc) is 2.26. The van der Waals surface area contributed by atoms with Crippen molar-refractivity contribution in [1.82, 2.24) is 0 Å². The molecule has 0 unspecified atom stereocenters. The lowest BCUT2D eigenvalue weighted by Crippen LogP contribution is -2.13. The van der Waals surface area contributed by atoms with Crippen LogP contribution < -0.4 is 4.74 Å². The van der Waals surface area contributed by atoms with Gasteiger partial charge in [-0.2, -0.15) is 5.26 Å². The molecule has 0 aliphatic heterocycles. The zero-order valence-electron chi connectivity index (χ0n) is 8.96. The number of rotatable bonds is 4. The largest absolute Gasteiger partial charge is 0.490 e. The predicted molar refractivity (Wildman–Crippen MR) is 61.2 cm³/mol. The Morgan fingerprint density at radius 3 is 2.53 bits per heavy atom. The maximum absolute atomic E-state index is 8.71. The van der Waals surface area contributed by atoms with E-state index in [4.69, 9.17) is 21.6 Å². The van der Waals surface area contributed by atoms with E-state index in [2.05, 4.69) is 13.8 Å². The zero-order valence-corrected chi connectivity index (χ0v) is 9.71. The highest BCUT2D eigenvalue weighted by Crippen LogP contribution is 2.23. The monoisotopic (exact) mass is 223 g/mol. The van der Waals surface area contributed by atoms with Gasteiger partial charge in [-0.25, -0.2) is 0 Å². The Bertz CT molecular complexity index is 366. The minimum absolute atomic E-state index is 0.217. The molecule has 0 radical (unpaired) electrons. The molecule has 0 heterocycles. The molecule has 0 aliphatic carbocycles. The van der Waals surface area contributed by atoms with Crippen molar-refractivity contribution in [1.29, 1.82) is 5.26 Å². The van der Waals surface area contributed by atoms with E-state index >= 15 is 0 Å². The molecule has 0 saturated heterocycles. The Labute approximate surface area is 95.4 Å². The van der Waals surface area contributed by atoms with Crippen molar-refractivity contribution in [3.63, 3.8) is 0 Å². The number of benzene rings is 1. The summed E-state index contributed by atoms with van der Waals surface area (Å²) in [6.45, 7) is 4.17. The summed E-state index contributed by atoms with van der Waals surface area (Å²) in [5.41, 5.74) is 0.480. The van der Waals surface area contributed by atoms with E-state index in [0.717, 1.165) is 18.6 Å². The maximum atomic E-state index is 8.71. The van der Waals surface area contributed by atoms with Gasteiger partial charge in [0.2, 0.25) is 0 Å². The first-order valence-electron chi connectivity index (χ1n) is 5.07. The van der Waals surface area contributed by atoms with Crippen molar-refractivity contribution in [2.75, 3.05) is 0 Å². The molecule has 0 bridgehead atoms. The normalized spacial score (nSPS) is 10.1. The Balaban J connectivity index is 2.80. The van der Waals surface area contributed by atoms with Crippen molar-refractivity contribution in [3.8, 4) is 11.8 Å². The van der Waals surface area contributed by atoms with Gasteiger partial charge in [-0.05, 0) is 25.0 Å². The molecule has 3 heteroatoms. The second-order valence-corrected chi connectivity index (χ2v) is 3.72. The van der Waals surface area contributed by atoms with Crippen LogP contribution in [0.1, 0.15) is 32.3 Å². The number of halogens is 1. The molecular weight excluding hydrogens is 210 g/mol. The minimum atomic E-state index is 0.217. The summed E-state index contributed by atoms with van der Waals surface area (Å²) in [5.74, 6) is 0.729. The van der Waals surface area contributed by atoms with Gasteiger partial charge < -0.3 is 4.74 Å². The Hall–Kier alpha value is -1.20. The van der Waals surface area contributed by atoms with Crippen molar-refractivity contribution in [3.05, 3.63) is 28.8 Å². The van der Waals surface area contributed by atoms with E-state index in [-0.39, 0.29) is 6.10 Å². The first kappa shape index (κ1) is 11.9. The van der Waals surface area contributed by atoms with Crippen LogP contribution in [0.4, 0.5) is 0 Å². The molecule has 0 atom stereocenters. The summed E-state index contributed by atoms with van der Waals surface area (Å²) in [6.07, 6.45) is 2.15. The minimum Gasteiger partial charge on any atom is -0.490 e. The highest BCUT2D eigenvalue weighted by atomic mass is 35.5. The van der Waals surface area contributed by atoms with Crippen LogP contribution in [0.15, 0.2) is 18.2 Å². The molecule has 0 spiro atoms. The predicted octanol–water partition coefficient (Wildman–Crippen LogP) is 3.78. The lowest BCUT2D eigenvalue weighted by atomic mass is 10.2. The SMILES string of the molecule is CCC(CC)Oc1ccc(C#N)c(Cl)c1. The molecule has 0 saturated carbocycles. The lowest BCUT2D eigenvalue weighted by Gasteiger charge is -2.15. The molecule has 0 aliphatic rings. The van der Waals surface area contributed by atoms with Crippen molar-refractivity contribution < 1.29 is 4.74 Å². The fraction of sp³-hybridized carbons (Fsp3) is 0.417. The average molecular weight is 224 g/mol. The number of hydrogen-bond acceptors (Lipinski definition) is 2. The van der Waals surface area contributed by atoms with Crippen LogP contribution >= 0.6 is 11.6 Å². The second kappa shape index (κ2) is 5.63. The Morgan fingerprint density at radius 2 is 2.07 bits per heavy atom. The van der Waals surface area contributed by atoms with E-state index < -0.39 is 0 Å². The quantitative estimate of drug-likeness (QED) is 0.778. The van der Waals surface area contributed by atoms with Gasteiger partial charge in [0.25, 0.3) is 0 Å². The first-order valence-corrected chi connectivity index (χ1v) is 5.45. The number of nitrogens with zero attached hydrogens (tertiary/aromatic N) is 1. The molecule has 1 aromatic carbocycles. The van der Waals surface area contributed by atoms with E-state index in [1.165, 1.54) is 0 Å². The molecule has 0 amide bonds. The number of hydrogen-bond donors (Lipinski definition) is 0. The van der Waals surface area contributed by atoms with Crippen molar-refractivity contribution in [2.45, 2.75) is 32.8 Å². The molecule has 0 aromatic heterocycles. The van der Waals surface area contributed by atoms with Crippen LogP contribution in [0.25, 0.3) is 0 Å². The summed E-state index contributed by atoms with van der Waals surface area (Å²) in [4.78, 5) is 0. The van der Waals surface area contributed by atoms with Gasteiger partial charge in [0, 0.05) is 6.07 Å². The molecule has 0 fully saturated rings. The van der Waals surface area contributed by atoms with Crippen LogP contribution in [0.3, 0.4) is 0 Å². The summed E-state index contributed by atoms with van der Waals surface area (Å²) in [5, 5.41) is 9.15. The van der Waals surface area contributed by atoms with Gasteiger partial charge in [0.05, 0.1) is 16.7 Å². The van der Waals surface area contributed by atoms with E-state index in [0.29, 0.717) is 10.6 Å². The van der Waals surface area contributed by atoms with Crippen LogP contribution in [0.2, 0.25) is 5.02 Å².